The maximum absolute atomic E-state index is 12.8. The van der Waals surface area contributed by atoms with Crippen LogP contribution in [0.2, 0.25) is 16.6 Å². The molecule has 0 aliphatic heterocycles. The van der Waals surface area contributed by atoms with Crippen molar-refractivity contribution >= 4 is 24.8 Å². The van der Waals surface area contributed by atoms with Crippen LogP contribution in [0.5, 0.6) is 0 Å². The number of hydrogen-bond donors (Lipinski definition) is 1. The summed E-state index contributed by atoms with van der Waals surface area (Å²) in [6, 6.07) is 6.12. The Morgan fingerprint density at radius 2 is 1.62 bits per heavy atom. The molecular formula is C21H29NOSi. The van der Waals surface area contributed by atoms with Gasteiger partial charge in [0.05, 0.1) is 5.56 Å². The lowest BCUT2D eigenvalue weighted by molar-refractivity contribution is 0.105. The fourth-order valence-corrected chi connectivity index (χ4v) is 9.28. The Labute approximate surface area is 147 Å². The van der Waals surface area contributed by atoms with Crippen LogP contribution < -0.4 is 0 Å². The lowest BCUT2D eigenvalue weighted by atomic mass is 10.1. The second kappa shape index (κ2) is 6.99. The van der Waals surface area contributed by atoms with E-state index in [-0.39, 0.29) is 5.78 Å². The van der Waals surface area contributed by atoms with Gasteiger partial charge in [0.1, 0.15) is 8.07 Å². The number of hydrogen-bond acceptors (Lipinski definition) is 1. The average molecular weight is 340 g/mol. The Balaban J connectivity index is 2.47. The van der Waals surface area contributed by atoms with Gasteiger partial charge in [-0.2, -0.15) is 0 Å². The third kappa shape index (κ3) is 3.21. The maximum Gasteiger partial charge on any atom is 0.237 e. The van der Waals surface area contributed by atoms with Crippen molar-refractivity contribution in [1.29, 1.82) is 0 Å². The standard InChI is InChI=1S/C21H29NOSi/c1-14(2)24(15(3)4,16(5)6)11-10-21(23)19-13-22-20-9-8-17(7)12-18(19)20/h8-9,12-16,22H,1-7H3. The van der Waals surface area contributed by atoms with Gasteiger partial charge in [0.2, 0.25) is 5.78 Å². The molecule has 0 unspecified atom stereocenters. The minimum Gasteiger partial charge on any atom is -0.360 e. The van der Waals surface area contributed by atoms with Gasteiger partial charge in [-0.3, -0.25) is 4.79 Å². The van der Waals surface area contributed by atoms with Crippen LogP contribution in [0, 0.1) is 18.4 Å². The van der Waals surface area contributed by atoms with Crippen molar-refractivity contribution in [3.63, 3.8) is 0 Å². The number of carbonyl (C=O) groups excluding carboxylic acids is 1. The molecule has 1 aromatic heterocycles. The maximum atomic E-state index is 12.8. The average Bonchev–Trinajstić information content (AvgIpc) is 2.89. The van der Waals surface area contributed by atoms with E-state index in [4.69, 9.17) is 0 Å². The highest BCUT2D eigenvalue weighted by atomic mass is 28.3. The van der Waals surface area contributed by atoms with Crippen LogP contribution >= 0.6 is 0 Å². The summed E-state index contributed by atoms with van der Waals surface area (Å²) in [6.07, 6.45) is 1.80. The van der Waals surface area contributed by atoms with Crippen molar-refractivity contribution < 1.29 is 4.79 Å². The molecule has 0 aliphatic rings. The van der Waals surface area contributed by atoms with E-state index >= 15 is 0 Å². The number of aromatic nitrogens is 1. The third-order valence-electron chi connectivity index (χ3n) is 5.34. The first kappa shape index (κ1) is 18.5. The summed E-state index contributed by atoms with van der Waals surface area (Å²) in [4.78, 5) is 16.0. The van der Waals surface area contributed by atoms with Crippen molar-refractivity contribution in [1.82, 2.24) is 4.98 Å². The predicted molar refractivity (Wildman–Crippen MR) is 106 cm³/mol. The number of H-pyrrole nitrogens is 1. The fraction of sp³-hybridized carbons (Fsp3) is 0.476. The molecular weight excluding hydrogens is 310 g/mol. The van der Waals surface area contributed by atoms with Gasteiger partial charge in [-0.1, -0.05) is 53.2 Å². The Bertz CT molecular complexity index is 780. The third-order valence-corrected chi connectivity index (χ3v) is 11.6. The highest BCUT2D eigenvalue weighted by Gasteiger charge is 2.41. The number of rotatable bonds is 4. The molecule has 2 nitrogen and oxygen atoms in total. The second-order valence-electron chi connectivity index (χ2n) is 7.73. The van der Waals surface area contributed by atoms with Gasteiger partial charge in [0.15, 0.2) is 0 Å². The molecule has 2 aromatic rings. The van der Waals surface area contributed by atoms with Gasteiger partial charge in [0, 0.05) is 17.1 Å². The zero-order valence-electron chi connectivity index (χ0n) is 15.9. The molecule has 0 saturated carbocycles. The molecule has 1 heterocycles. The van der Waals surface area contributed by atoms with Crippen LogP contribution in [0.25, 0.3) is 10.9 Å². The van der Waals surface area contributed by atoms with Gasteiger partial charge < -0.3 is 4.98 Å². The lowest BCUT2D eigenvalue weighted by Gasteiger charge is -2.37. The topological polar surface area (TPSA) is 32.9 Å². The van der Waals surface area contributed by atoms with E-state index in [0.29, 0.717) is 22.2 Å². The Kier molecular flexibility index (Phi) is 5.40. The molecule has 0 bridgehead atoms. The number of aryl methyl sites for hydroxylation is 1. The summed E-state index contributed by atoms with van der Waals surface area (Å²) < 4.78 is 0. The summed E-state index contributed by atoms with van der Waals surface area (Å²) in [6.45, 7) is 15.6. The first-order chi connectivity index (χ1) is 11.2. The Hall–Kier alpha value is -1.79. The van der Waals surface area contributed by atoms with Gasteiger partial charge >= 0.3 is 0 Å². The summed E-state index contributed by atoms with van der Waals surface area (Å²) in [5.41, 5.74) is 7.95. The zero-order chi connectivity index (χ0) is 18.1. The van der Waals surface area contributed by atoms with E-state index in [2.05, 4.69) is 64.1 Å². The predicted octanol–water partition coefficient (Wildman–Crippen LogP) is 5.88. The van der Waals surface area contributed by atoms with Crippen LogP contribution in [0.4, 0.5) is 0 Å². The molecule has 128 valence electrons. The van der Waals surface area contributed by atoms with E-state index in [1.54, 1.807) is 6.20 Å². The molecule has 0 spiro atoms. The molecule has 0 amide bonds. The first-order valence-corrected chi connectivity index (χ1v) is 11.1. The van der Waals surface area contributed by atoms with Crippen molar-refractivity contribution in [3.05, 3.63) is 35.5 Å². The number of aromatic amines is 1. The SMILES string of the molecule is Cc1ccc2[nH]cc(C(=O)C#C[Si](C(C)C)(C(C)C)C(C)C)c2c1. The van der Waals surface area contributed by atoms with E-state index in [1.165, 1.54) is 0 Å². The smallest absolute Gasteiger partial charge is 0.237 e. The van der Waals surface area contributed by atoms with Crippen LogP contribution in [-0.4, -0.2) is 18.8 Å². The molecule has 24 heavy (non-hydrogen) atoms. The summed E-state index contributed by atoms with van der Waals surface area (Å²) >= 11 is 0. The Morgan fingerprint density at radius 3 is 2.17 bits per heavy atom. The highest BCUT2D eigenvalue weighted by Crippen LogP contribution is 2.40. The van der Waals surface area contributed by atoms with Crippen molar-refractivity contribution in [3.8, 4) is 11.5 Å². The van der Waals surface area contributed by atoms with Crippen LogP contribution in [0.15, 0.2) is 24.4 Å². The van der Waals surface area contributed by atoms with E-state index in [1.807, 2.05) is 19.1 Å². The number of ketones is 1. The first-order valence-electron chi connectivity index (χ1n) is 8.85. The molecule has 1 N–H and O–H groups in total. The quantitative estimate of drug-likeness (QED) is 0.421. The monoisotopic (exact) mass is 339 g/mol. The van der Waals surface area contributed by atoms with Gasteiger partial charge in [0.25, 0.3) is 0 Å². The molecule has 0 fully saturated rings. The summed E-state index contributed by atoms with van der Waals surface area (Å²) in [7, 11) is -1.87. The van der Waals surface area contributed by atoms with Crippen molar-refractivity contribution in [2.24, 2.45) is 0 Å². The molecule has 0 saturated heterocycles. The van der Waals surface area contributed by atoms with E-state index in [0.717, 1.165) is 16.5 Å². The van der Waals surface area contributed by atoms with Gasteiger partial charge in [-0.15, -0.1) is 5.54 Å². The number of carbonyl (C=O) groups is 1. The molecule has 1 aromatic carbocycles. The summed E-state index contributed by atoms with van der Waals surface area (Å²) in [5, 5.41) is 0.972. The van der Waals surface area contributed by atoms with Gasteiger partial charge in [-0.05, 0) is 41.6 Å². The van der Waals surface area contributed by atoms with E-state index < -0.39 is 8.07 Å². The number of nitrogens with one attached hydrogen (secondary N) is 1. The molecule has 3 heteroatoms. The normalized spacial score (nSPS) is 12.1. The van der Waals surface area contributed by atoms with Crippen LogP contribution in [0.1, 0.15) is 57.5 Å². The molecule has 0 atom stereocenters. The highest BCUT2D eigenvalue weighted by molar-refractivity contribution is 6.90. The number of fused-ring (bicyclic) bond motifs is 1. The molecule has 0 aliphatic carbocycles. The van der Waals surface area contributed by atoms with E-state index in [9.17, 15) is 4.79 Å². The zero-order valence-corrected chi connectivity index (χ0v) is 16.9. The molecule has 0 radical (unpaired) electrons. The minimum absolute atomic E-state index is 0.0642. The van der Waals surface area contributed by atoms with Crippen molar-refractivity contribution in [2.75, 3.05) is 0 Å². The minimum atomic E-state index is -1.87. The van der Waals surface area contributed by atoms with Crippen LogP contribution in [-0.2, 0) is 0 Å². The van der Waals surface area contributed by atoms with Crippen LogP contribution in [0.3, 0.4) is 0 Å². The number of Topliss-reactive ketones (excluding diaryl/α,β-unsaturated/α-hetero) is 1. The second-order valence-corrected chi connectivity index (χ2v) is 13.3. The lowest BCUT2D eigenvalue weighted by Crippen LogP contribution is -2.43. The fourth-order valence-electron chi connectivity index (χ4n) is 4.09. The Morgan fingerprint density at radius 1 is 1.04 bits per heavy atom. The molecule has 2 rings (SSSR count). The summed E-state index contributed by atoms with van der Waals surface area (Å²) in [5.74, 6) is 2.97. The van der Waals surface area contributed by atoms with Gasteiger partial charge in [-0.25, -0.2) is 0 Å². The number of benzene rings is 1. The largest absolute Gasteiger partial charge is 0.360 e. The van der Waals surface area contributed by atoms with Crippen molar-refractivity contribution in [2.45, 2.75) is 65.1 Å².